The van der Waals surface area contributed by atoms with E-state index >= 15 is 0 Å². The molecule has 3 rings (SSSR count). The standard InChI is InChI=1S/C19H17N3O4/c1-2-25-19(24)13-5-7-14(8-6-13)21-17-10-9-15(12-20-17)22-18(23)16-4-3-11-26-16/h3-12H,2H2,1H3,(H,20,21)(H,22,23). The average molecular weight is 351 g/mol. The van der Waals surface area contributed by atoms with Crippen LogP contribution in [0.25, 0.3) is 0 Å². The summed E-state index contributed by atoms with van der Waals surface area (Å²) in [5.41, 5.74) is 1.81. The van der Waals surface area contributed by atoms with Crippen LogP contribution in [0.3, 0.4) is 0 Å². The molecule has 0 aliphatic carbocycles. The zero-order valence-electron chi connectivity index (χ0n) is 14.1. The number of hydrogen-bond acceptors (Lipinski definition) is 6. The summed E-state index contributed by atoms with van der Waals surface area (Å²) < 4.78 is 9.98. The van der Waals surface area contributed by atoms with Crippen molar-refractivity contribution in [1.29, 1.82) is 0 Å². The molecule has 26 heavy (non-hydrogen) atoms. The molecule has 2 heterocycles. The predicted molar refractivity (Wildman–Crippen MR) is 96.6 cm³/mol. The first-order chi connectivity index (χ1) is 12.7. The summed E-state index contributed by atoms with van der Waals surface area (Å²) in [7, 11) is 0. The lowest BCUT2D eigenvalue weighted by molar-refractivity contribution is 0.0526. The Morgan fingerprint density at radius 3 is 2.46 bits per heavy atom. The summed E-state index contributed by atoms with van der Waals surface area (Å²) in [5.74, 6) is 0.139. The molecule has 0 aliphatic rings. The number of nitrogens with one attached hydrogen (secondary N) is 2. The monoisotopic (exact) mass is 351 g/mol. The minimum atomic E-state index is -0.353. The lowest BCUT2D eigenvalue weighted by atomic mass is 10.2. The maximum Gasteiger partial charge on any atom is 0.338 e. The van der Waals surface area contributed by atoms with E-state index in [0.29, 0.717) is 23.7 Å². The molecular weight excluding hydrogens is 334 g/mol. The molecule has 0 spiro atoms. The fourth-order valence-electron chi connectivity index (χ4n) is 2.19. The number of carbonyl (C=O) groups is 2. The number of benzene rings is 1. The number of nitrogens with zero attached hydrogens (tertiary/aromatic N) is 1. The van der Waals surface area contributed by atoms with Crippen molar-refractivity contribution >= 4 is 29.1 Å². The van der Waals surface area contributed by atoms with Gasteiger partial charge in [0, 0.05) is 5.69 Å². The van der Waals surface area contributed by atoms with Crippen LogP contribution in [0.15, 0.2) is 65.4 Å². The molecule has 0 unspecified atom stereocenters. The van der Waals surface area contributed by atoms with Crippen LogP contribution in [0.2, 0.25) is 0 Å². The van der Waals surface area contributed by atoms with Crippen molar-refractivity contribution < 1.29 is 18.7 Å². The van der Waals surface area contributed by atoms with Gasteiger partial charge in [-0.3, -0.25) is 4.79 Å². The van der Waals surface area contributed by atoms with Gasteiger partial charge in [-0.25, -0.2) is 9.78 Å². The van der Waals surface area contributed by atoms with Gasteiger partial charge in [0.05, 0.1) is 30.3 Å². The van der Waals surface area contributed by atoms with Gasteiger partial charge >= 0.3 is 5.97 Å². The van der Waals surface area contributed by atoms with Crippen molar-refractivity contribution in [3.05, 3.63) is 72.3 Å². The maximum absolute atomic E-state index is 11.9. The van der Waals surface area contributed by atoms with Crippen molar-refractivity contribution in [2.24, 2.45) is 0 Å². The van der Waals surface area contributed by atoms with E-state index in [0.717, 1.165) is 5.69 Å². The summed E-state index contributed by atoms with van der Waals surface area (Å²) >= 11 is 0. The third-order valence-corrected chi connectivity index (χ3v) is 3.43. The Kier molecular flexibility index (Phi) is 5.28. The number of ether oxygens (including phenoxy) is 1. The SMILES string of the molecule is CCOC(=O)c1ccc(Nc2ccc(NC(=O)c3ccco3)cn2)cc1. The molecule has 3 aromatic rings. The zero-order valence-corrected chi connectivity index (χ0v) is 14.1. The third kappa shape index (κ3) is 4.27. The largest absolute Gasteiger partial charge is 0.462 e. The molecule has 0 radical (unpaired) electrons. The summed E-state index contributed by atoms with van der Waals surface area (Å²) in [6.07, 6.45) is 2.98. The average Bonchev–Trinajstić information content (AvgIpc) is 3.19. The summed E-state index contributed by atoms with van der Waals surface area (Å²) in [4.78, 5) is 27.8. The second-order valence-electron chi connectivity index (χ2n) is 5.29. The molecule has 0 saturated carbocycles. The summed E-state index contributed by atoms with van der Waals surface area (Å²) in [6, 6.07) is 13.6. The van der Waals surface area contributed by atoms with Crippen LogP contribution in [0, 0.1) is 0 Å². The molecule has 7 nitrogen and oxygen atoms in total. The van der Waals surface area contributed by atoms with E-state index in [-0.39, 0.29) is 17.6 Å². The van der Waals surface area contributed by atoms with Gasteiger partial charge in [-0.2, -0.15) is 0 Å². The van der Waals surface area contributed by atoms with Crippen LogP contribution in [0.1, 0.15) is 27.8 Å². The molecule has 1 amide bonds. The molecule has 7 heteroatoms. The molecule has 0 bridgehead atoms. The fraction of sp³-hybridized carbons (Fsp3) is 0.105. The lowest BCUT2D eigenvalue weighted by Crippen LogP contribution is -2.11. The van der Waals surface area contributed by atoms with Gasteiger partial charge in [0.1, 0.15) is 5.82 Å². The Hall–Kier alpha value is -3.61. The second kappa shape index (κ2) is 7.98. The minimum Gasteiger partial charge on any atom is -0.462 e. The molecule has 0 aliphatic heterocycles. The van der Waals surface area contributed by atoms with Crippen LogP contribution in [0.5, 0.6) is 0 Å². The van der Waals surface area contributed by atoms with Crippen LogP contribution in [0.4, 0.5) is 17.2 Å². The number of carbonyl (C=O) groups excluding carboxylic acids is 2. The van der Waals surface area contributed by atoms with Gasteiger partial charge < -0.3 is 19.8 Å². The first-order valence-corrected chi connectivity index (χ1v) is 8.01. The predicted octanol–water partition coefficient (Wildman–Crippen LogP) is 3.85. The Bertz CT molecular complexity index is 872. The molecule has 2 aromatic heterocycles. The first kappa shape index (κ1) is 17.2. The molecule has 0 saturated heterocycles. The number of pyridine rings is 1. The summed E-state index contributed by atoms with van der Waals surface area (Å²) in [6.45, 7) is 2.10. The fourth-order valence-corrected chi connectivity index (χ4v) is 2.19. The molecule has 0 atom stereocenters. The molecule has 132 valence electrons. The van der Waals surface area contributed by atoms with Crippen LogP contribution in [-0.4, -0.2) is 23.5 Å². The quantitative estimate of drug-likeness (QED) is 0.655. The minimum absolute atomic E-state index is 0.230. The van der Waals surface area contributed by atoms with Gasteiger partial charge in [-0.1, -0.05) is 0 Å². The van der Waals surface area contributed by atoms with Crippen molar-refractivity contribution in [1.82, 2.24) is 4.98 Å². The third-order valence-electron chi connectivity index (χ3n) is 3.43. The van der Waals surface area contributed by atoms with Crippen molar-refractivity contribution in [2.45, 2.75) is 6.92 Å². The van der Waals surface area contributed by atoms with Crippen LogP contribution in [-0.2, 0) is 4.74 Å². The maximum atomic E-state index is 11.9. The van der Waals surface area contributed by atoms with E-state index in [2.05, 4.69) is 15.6 Å². The van der Waals surface area contributed by atoms with Gasteiger partial charge in [0.25, 0.3) is 5.91 Å². The number of hydrogen-bond donors (Lipinski definition) is 2. The van der Waals surface area contributed by atoms with E-state index in [1.165, 1.54) is 12.5 Å². The Labute approximate surface area is 150 Å². The molecule has 2 N–H and O–H groups in total. The number of aromatic nitrogens is 1. The highest BCUT2D eigenvalue weighted by molar-refractivity contribution is 6.02. The van der Waals surface area contributed by atoms with Crippen molar-refractivity contribution in [3.63, 3.8) is 0 Å². The van der Waals surface area contributed by atoms with Crippen molar-refractivity contribution in [2.75, 3.05) is 17.2 Å². The van der Waals surface area contributed by atoms with Gasteiger partial charge in [-0.05, 0) is 55.5 Å². The van der Waals surface area contributed by atoms with E-state index in [1.807, 2.05) is 0 Å². The Balaban J connectivity index is 1.60. The van der Waals surface area contributed by atoms with Crippen LogP contribution >= 0.6 is 0 Å². The van der Waals surface area contributed by atoms with Crippen molar-refractivity contribution in [3.8, 4) is 0 Å². The number of anilines is 3. The number of rotatable bonds is 6. The number of amides is 1. The highest BCUT2D eigenvalue weighted by Crippen LogP contribution is 2.18. The highest BCUT2D eigenvalue weighted by Gasteiger charge is 2.09. The van der Waals surface area contributed by atoms with Crippen LogP contribution < -0.4 is 10.6 Å². The lowest BCUT2D eigenvalue weighted by Gasteiger charge is -2.08. The topological polar surface area (TPSA) is 93.5 Å². The molecular formula is C19H17N3O4. The molecule has 1 aromatic carbocycles. The normalized spacial score (nSPS) is 10.2. The van der Waals surface area contributed by atoms with Gasteiger partial charge in [0.15, 0.2) is 5.76 Å². The van der Waals surface area contributed by atoms with E-state index in [9.17, 15) is 9.59 Å². The van der Waals surface area contributed by atoms with Gasteiger partial charge in [0.2, 0.25) is 0 Å². The van der Waals surface area contributed by atoms with Gasteiger partial charge in [-0.15, -0.1) is 0 Å². The summed E-state index contributed by atoms with van der Waals surface area (Å²) in [5, 5.41) is 5.81. The zero-order chi connectivity index (χ0) is 18.4. The van der Waals surface area contributed by atoms with E-state index in [1.54, 1.807) is 55.5 Å². The Morgan fingerprint density at radius 2 is 1.85 bits per heavy atom. The molecule has 0 fully saturated rings. The highest BCUT2D eigenvalue weighted by atomic mass is 16.5. The number of esters is 1. The van der Waals surface area contributed by atoms with E-state index in [4.69, 9.17) is 9.15 Å². The first-order valence-electron chi connectivity index (χ1n) is 8.01. The van der Waals surface area contributed by atoms with E-state index < -0.39 is 0 Å². The number of furan rings is 1. The Morgan fingerprint density at radius 1 is 1.08 bits per heavy atom. The second-order valence-corrected chi connectivity index (χ2v) is 5.29. The smallest absolute Gasteiger partial charge is 0.338 e.